The van der Waals surface area contributed by atoms with Crippen molar-refractivity contribution in [1.82, 2.24) is 24.8 Å². The van der Waals surface area contributed by atoms with Gasteiger partial charge in [-0.25, -0.2) is 13.4 Å². The molecule has 6 rings (SSSR count). The van der Waals surface area contributed by atoms with E-state index in [2.05, 4.69) is 10.0 Å². The van der Waals surface area contributed by atoms with Crippen LogP contribution < -0.4 is 19.5 Å². The molecule has 0 radical (unpaired) electrons. The van der Waals surface area contributed by atoms with Gasteiger partial charge in [-0.15, -0.1) is 0 Å². The van der Waals surface area contributed by atoms with Crippen LogP contribution in [0.4, 0.5) is 0 Å². The molecule has 2 aromatic carbocycles. The van der Waals surface area contributed by atoms with Crippen LogP contribution in [0.2, 0.25) is 0 Å². The van der Waals surface area contributed by atoms with Gasteiger partial charge in [-0.05, 0) is 56.1 Å². The van der Waals surface area contributed by atoms with Gasteiger partial charge in [0.1, 0.15) is 29.7 Å². The predicted octanol–water partition coefficient (Wildman–Crippen LogP) is 5.22. The van der Waals surface area contributed by atoms with Crippen molar-refractivity contribution in [3.8, 4) is 22.8 Å². The highest BCUT2D eigenvalue weighted by Crippen LogP contribution is 2.37. The highest BCUT2D eigenvalue weighted by atomic mass is 32.2. The number of aromatic nitrogens is 1. The molecule has 2 aliphatic heterocycles. The molecule has 3 aliphatic rings. The smallest absolute Gasteiger partial charge is 0.256 e. The van der Waals surface area contributed by atoms with E-state index in [0.717, 1.165) is 24.8 Å². The number of benzene rings is 2. The van der Waals surface area contributed by atoms with Gasteiger partial charge in [0.25, 0.3) is 5.91 Å². The van der Waals surface area contributed by atoms with Crippen molar-refractivity contribution in [1.29, 1.82) is 0 Å². The van der Waals surface area contributed by atoms with Crippen LogP contribution in [-0.2, 0) is 29.2 Å². The zero-order valence-electron chi connectivity index (χ0n) is 33.1. The van der Waals surface area contributed by atoms with E-state index >= 15 is 0 Å². The Kier molecular flexibility index (Phi) is 12.6. The second-order valence-electron chi connectivity index (χ2n) is 16.4. The Bertz CT molecular complexity index is 2030. The molecular formula is C42H55N5O8S. The summed E-state index contributed by atoms with van der Waals surface area (Å²) in [5.74, 6) is -1.45. The SMILES string of the molecule is CCC[C@@H](NC(=O)[C@@H]1C[C@@H](Oc2cc(-c3ccccc3)nc3cc(OC)ccc23)CN1C(=O)[C@@H](CC(=O)N1CCCCC1)C(C)(C)C)C(=O)NS(=O)(=O)C1CC1. The molecule has 13 nitrogen and oxygen atoms in total. The Morgan fingerprint density at radius 3 is 2.34 bits per heavy atom. The van der Waals surface area contributed by atoms with Gasteiger partial charge in [0.05, 0.1) is 36.0 Å². The van der Waals surface area contributed by atoms with Crippen LogP contribution in [0.25, 0.3) is 22.2 Å². The normalized spacial score (nSPS) is 19.9. The van der Waals surface area contributed by atoms with Crippen molar-refractivity contribution in [3.05, 3.63) is 54.6 Å². The molecule has 4 amide bonds. The molecule has 3 heterocycles. The summed E-state index contributed by atoms with van der Waals surface area (Å²) in [4.78, 5) is 64.3. The first-order valence-corrected chi connectivity index (χ1v) is 21.4. The molecule has 0 unspecified atom stereocenters. The summed E-state index contributed by atoms with van der Waals surface area (Å²) in [6, 6.07) is 14.8. The van der Waals surface area contributed by atoms with Gasteiger partial charge in [0.15, 0.2) is 0 Å². The summed E-state index contributed by atoms with van der Waals surface area (Å²) in [5.41, 5.74) is 1.55. The van der Waals surface area contributed by atoms with Crippen LogP contribution in [0, 0.1) is 11.3 Å². The monoisotopic (exact) mass is 789 g/mol. The molecule has 1 aromatic heterocycles. The summed E-state index contributed by atoms with van der Waals surface area (Å²) < 4.78 is 39.7. The fourth-order valence-corrected chi connectivity index (χ4v) is 8.97. The lowest BCUT2D eigenvalue weighted by Crippen LogP contribution is -2.55. The lowest BCUT2D eigenvalue weighted by atomic mass is 9.77. The van der Waals surface area contributed by atoms with E-state index in [1.54, 1.807) is 7.11 Å². The van der Waals surface area contributed by atoms with Crippen molar-refractivity contribution in [2.24, 2.45) is 11.3 Å². The van der Waals surface area contributed by atoms with Crippen LogP contribution in [0.15, 0.2) is 54.6 Å². The molecule has 56 heavy (non-hydrogen) atoms. The highest BCUT2D eigenvalue weighted by molar-refractivity contribution is 7.90. The molecule has 2 N–H and O–H groups in total. The zero-order chi connectivity index (χ0) is 40.2. The maximum atomic E-state index is 14.8. The van der Waals surface area contributed by atoms with E-state index in [0.29, 0.717) is 60.4 Å². The van der Waals surface area contributed by atoms with E-state index < -0.39 is 56.6 Å². The fraction of sp³-hybridized carbons (Fsp3) is 0.548. The summed E-state index contributed by atoms with van der Waals surface area (Å²) in [7, 11) is -2.27. The minimum Gasteiger partial charge on any atom is -0.497 e. The third kappa shape index (κ3) is 9.62. The van der Waals surface area contributed by atoms with Gasteiger partial charge in [0, 0.05) is 49.0 Å². The summed E-state index contributed by atoms with van der Waals surface area (Å²) in [6.07, 6.45) is 4.00. The molecule has 14 heteroatoms. The Morgan fingerprint density at radius 2 is 1.70 bits per heavy atom. The second kappa shape index (κ2) is 17.2. The number of rotatable bonds is 14. The number of carbonyl (C=O) groups is 4. The Balaban J connectivity index is 1.32. The molecule has 1 saturated carbocycles. The predicted molar refractivity (Wildman–Crippen MR) is 213 cm³/mol. The van der Waals surface area contributed by atoms with Gasteiger partial charge in [-0.3, -0.25) is 23.9 Å². The summed E-state index contributed by atoms with van der Waals surface area (Å²) >= 11 is 0. The lowest BCUT2D eigenvalue weighted by Gasteiger charge is -2.36. The first-order valence-electron chi connectivity index (χ1n) is 19.8. The molecule has 0 bridgehead atoms. The van der Waals surface area contributed by atoms with E-state index in [1.807, 2.05) is 87.2 Å². The quantitative estimate of drug-likeness (QED) is 0.223. The second-order valence-corrected chi connectivity index (χ2v) is 18.3. The summed E-state index contributed by atoms with van der Waals surface area (Å²) in [6.45, 7) is 8.95. The molecule has 302 valence electrons. The van der Waals surface area contributed by atoms with Crippen molar-refractivity contribution < 1.29 is 37.1 Å². The van der Waals surface area contributed by atoms with E-state index in [9.17, 15) is 27.6 Å². The Morgan fingerprint density at radius 1 is 0.982 bits per heavy atom. The number of likely N-dealkylation sites (tertiary alicyclic amines) is 2. The van der Waals surface area contributed by atoms with Gasteiger partial charge < -0.3 is 24.6 Å². The van der Waals surface area contributed by atoms with Crippen LogP contribution in [0.3, 0.4) is 0 Å². The number of ether oxygens (including phenoxy) is 2. The number of sulfonamides is 1. The Labute approximate surface area is 329 Å². The van der Waals surface area contributed by atoms with Gasteiger partial charge >= 0.3 is 0 Å². The minimum atomic E-state index is -3.85. The fourth-order valence-electron chi connectivity index (χ4n) is 7.62. The van der Waals surface area contributed by atoms with Crippen molar-refractivity contribution >= 4 is 44.6 Å². The lowest BCUT2D eigenvalue weighted by molar-refractivity contribution is -0.148. The van der Waals surface area contributed by atoms with Crippen LogP contribution in [-0.4, -0.2) is 97.0 Å². The molecule has 2 saturated heterocycles. The zero-order valence-corrected chi connectivity index (χ0v) is 33.9. The van der Waals surface area contributed by atoms with Gasteiger partial charge in [-0.1, -0.05) is 64.4 Å². The number of nitrogens with one attached hydrogen (secondary N) is 2. The molecule has 0 spiro atoms. The number of fused-ring (bicyclic) bond motifs is 1. The number of hydrogen-bond acceptors (Lipinski definition) is 9. The minimum absolute atomic E-state index is 0.00412. The van der Waals surface area contributed by atoms with E-state index in [-0.39, 0.29) is 37.6 Å². The van der Waals surface area contributed by atoms with Gasteiger partial charge in [-0.2, -0.15) is 0 Å². The van der Waals surface area contributed by atoms with E-state index in [1.165, 1.54) is 4.90 Å². The third-order valence-electron chi connectivity index (χ3n) is 11.0. The highest BCUT2D eigenvalue weighted by Gasteiger charge is 2.47. The van der Waals surface area contributed by atoms with Crippen LogP contribution in [0.5, 0.6) is 11.5 Å². The summed E-state index contributed by atoms with van der Waals surface area (Å²) in [5, 5.41) is 2.89. The molecule has 4 atom stereocenters. The largest absolute Gasteiger partial charge is 0.497 e. The average molecular weight is 790 g/mol. The third-order valence-corrected chi connectivity index (χ3v) is 12.9. The van der Waals surface area contributed by atoms with Crippen LogP contribution in [0.1, 0.15) is 85.5 Å². The first-order chi connectivity index (χ1) is 26.7. The first kappa shape index (κ1) is 40.9. The number of nitrogens with zero attached hydrogens (tertiary/aromatic N) is 3. The van der Waals surface area contributed by atoms with Gasteiger partial charge in [0.2, 0.25) is 27.7 Å². The molecule has 3 fully saturated rings. The van der Waals surface area contributed by atoms with E-state index in [4.69, 9.17) is 14.5 Å². The maximum Gasteiger partial charge on any atom is 0.256 e. The number of amides is 4. The van der Waals surface area contributed by atoms with Crippen molar-refractivity contribution in [3.63, 3.8) is 0 Å². The van der Waals surface area contributed by atoms with Crippen molar-refractivity contribution in [2.75, 3.05) is 26.7 Å². The molecule has 1 aliphatic carbocycles. The Hall–Kier alpha value is -4.72. The average Bonchev–Trinajstić information content (AvgIpc) is 3.97. The standard InChI is InChI=1S/C42H55N5O8S/c1-6-13-33(39(49)45-56(52,53)30-17-18-30)44-40(50)36-23-29(26-47(36)41(51)32(42(2,3)4)24-38(48)46-20-11-8-12-21-46)55-37-25-34(27-14-9-7-10-15-27)43-35-22-28(54-5)16-19-31(35)37/h7,9-10,14-16,19,22,25,29-30,32-33,36H,6,8,11-13,17-18,20-21,23-24,26H2,1-5H3,(H,44,50)(H,45,49)/t29-,32-,33-,36+/m1/s1. The number of hydrogen-bond donors (Lipinski definition) is 2. The maximum absolute atomic E-state index is 14.8. The number of piperidine rings is 1. The van der Waals surface area contributed by atoms with Crippen molar-refractivity contribution in [2.45, 2.75) is 109 Å². The number of pyridine rings is 1. The topological polar surface area (TPSA) is 164 Å². The molecule has 3 aromatic rings. The van der Waals surface area contributed by atoms with Crippen LogP contribution >= 0.6 is 0 Å². The molecular weight excluding hydrogens is 735 g/mol. The number of methoxy groups -OCH3 is 1. The number of carbonyl (C=O) groups excluding carboxylic acids is 4.